The summed E-state index contributed by atoms with van der Waals surface area (Å²) in [6, 6.07) is 8.03. The summed E-state index contributed by atoms with van der Waals surface area (Å²) in [6.45, 7) is 4.89. The topological polar surface area (TPSA) is 61.4 Å². The molecule has 0 aromatic heterocycles. The Morgan fingerprint density at radius 2 is 1.88 bits per heavy atom. The van der Waals surface area contributed by atoms with E-state index >= 15 is 0 Å². The van der Waals surface area contributed by atoms with Gasteiger partial charge in [-0.1, -0.05) is 18.2 Å². The molecule has 0 saturated heterocycles. The number of halogens is 2. The minimum Gasteiger partial charge on any atom is -0.383 e. The second kappa shape index (κ2) is 6.97. The summed E-state index contributed by atoms with van der Waals surface area (Å²) in [4.78, 5) is 12.0. The van der Waals surface area contributed by atoms with Crippen LogP contribution in [0.15, 0.2) is 36.4 Å². The van der Waals surface area contributed by atoms with Crippen molar-refractivity contribution < 1.29 is 18.7 Å². The number of aryl methyl sites for hydroxylation is 2. The van der Waals surface area contributed by atoms with Gasteiger partial charge in [-0.15, -0.1) is 0 Å². The highest BCUT2D eigenvalue weighted by Gasteiger charge is 2.27. The van der Waals surface area contributed by atoms with Crippen LogP contribution in [0.4, 0.5) is 19.3 Å². The Morgan fingerprint density at radius 3 is 2.54 bits per heavy atom. The summed E-state index contributed by atoms with van der Waals surface area (Å²) in [5, 5.41) is 15.5. The van der Waals surface area contributed by atoms with Gasteiger partial charge in [0.25, 0.3) is 0 Å². The molecule has 2 amide bonds. The number of benzene rings is 2. The number of hydrogen-bond acceptors (Lipinski definition) is 2. The number of urea groups is 1. The minimum atomic E-state index is -1.67. The molecule has 24 heavy (non-hydrogen) atoms. The highest BCUT2D eigenvalue weighted by atomic mass is 19.1. The largest absolute Gasteiger partial charge is 0.383 e. The van der Waals surface area contributed by atoms with Crippen molar-refractivity contribution >= 4 is 11.7 Å². The molecule has 1 unspecified atom stereocenters. The quantitative estimate of drug-likeness (QED) is 0.800. The van der Waals surface area contributed by atoms with Crippen LogP contribution >= 0.6 is 0 Å². The van der Waals surface area contributed by atoms with Gasteiger partial charge in [-0.05, 0) is 44.0 Å². The third-order valence-corrected chi connectivity index (χ3v) is 3.75. The van der Waals surface area contributed by atoms with Gasteiger partial charge in [-0.25, -0.2) is 13.6 Å². The van der Waals surface area contributed by atoms with Crippen molar-refractivity contribution in [2.24, 2.45) is 0 Å². The number of aliphatic hydroxyl groups is 1. The molecule has 0 fully saturated rings. The van der Waals surface area contributed by atoms with E-state index in [0.717, 1.165) is 23.3 Å². The third-order valence-electron chi connectivity index (χ3n) is 3.75. The summed E-state index contributed by atoms with van der Waals surface area (Å²) >= 11 is 0. The van der Waals surface area contributed by atoms with Gasteiger partial charge < -0.3 is 15.7 Å². The molecule has 4 nitrogen and oxygen atoms in total. The minimum absolute atomic E-state index is 0.0871. The number of amides is 2. The van der Waals surface area contributed by atoms with E-state index in [2.05, 4.69) is 10.6 Å². The summed E-state index contributed by atoms with van der Waals surface area (Å²) < 4.78 is 26.7. The molecule has 0 aliphatic rings. The zero-order valence-corrected chi connectivity index (χ0v) is 13.8. The van der Waals surface area contributed by atoms with Crippen molar-refractivity contribution in [3.63, 3.8) is 0 Å². The van der Waals surface area contributed by atoms with Crippen molar-refractivity contribution in [1.29, 1.82) is 0 Å². The number of nitrogens with one attached hydrogen (secondary N) is 2. The molecule has 128 valence electrons. The average Bonchev–Trinajstić information content (AvgIpc) is 2.49. The van der Waals surface area contributed by atoms with E-state index < -0.39 is 23.3 Å². The van der Waals surface area contributed by atoms with Crippen LogP contribution in [0, 0.1) is 25.5 Å². The van der Waals surface area contributed by atoms with E-state index in [-0.39, 0.29) is 12.1 Å². The first-order chi connectivity index (χ1) is 11.2. The second-order valence-electron chi connectivity index (χ2n) is 6.02. The lowest BCUT2D eigenvalue weighted by Gasteiger charge is -2.25. The maximum absolute atomic E-state index is 13.8. The molecule has 0 aliphatic heterocycles. The highest BCUT2D eigenvalue weighted by Crippen LogP contribution is 2.23. The summed E-state index contributed by atoms with van der Waals surface area (Å²) in [5.41, 5.74) is 0.788. The van der Waals surface area contributed by atoms with Gasteiger partial charge in [0.2, 0.25) is 0 Å². The number of anilines is 1. The molecule has 2 rings (SSSR count). The fourth-order valence-corrected chi connectivity index (χ4v) is 2.31. The standard InChI is InChI=1S/C18H20F2N2O2/c1-11-4-5-12(2)16(8-11)22-17(23)21-10-18(3,24)14-7-6-13(19)9-15(14)20/h4-9,24H,10H2,1-3H3,(H2,21,22,23). The molecule has 0 bridgehead atoms. The van der Waals surface area contributed by atoms with Gasteiger partial charge >= 0.3 is 6.03 Å². The zero-order chi connectivity index (χ0) is 17.9. The van der Waals surface area contributed by atoms with E-state index in [0.29, 0.717) is 11.8 Å². The average molecular weight is 334 g/mol. The van der Waals surface area contributed by atoms with E-state index in [9.17, 15) is 18.7 Å². The Morgan fingerprint density at radius 1 is 1.17 bits per heavy atom. The van der Waals surface area contributed by atoms with Crippen molar-refractivity contribution in [2.45, 2.75) is 26.4 Å². The van der Waals surface area contributed by atoms with Crippen molar-refractivity contribution in [1.82, 2.24) is 5.32 Å². The number of rotatable bonds is 4. The van der Waals surface area contributed by atoms with Crippen LogP contribution in [0.3, 0.4) is 0 Å². The van der Waals surface area contributed by atoms with Crippen LogP contribution in [-0.2, 0) is 5.60 Å². The van der Waals surface area contributed by atoms with Gasteiger partial charge in [0.05, 0.1) is 6.54 Å². The Balaban J connectivity index is 2.03. The zero-order valence-electron chi connectivity index (χ0n) is 13.8. The fraction of sp³-hybridized carbons (Fsp3) is 0.278. The summed E-state index contributed by atoms with van der Waals surface area (Å²) in [7, 11) is 0. The van der Waals surface area contributed by atoms with Crippen molar-refractivity contribution in [3.05, 3.63) is 64.7 Å². The van der Waals surface area contributed by atoms with Crippen LogP contribution in [-0.4, -0.2) is 17.7 Å². The lowest BCUT2D eigenvalue weighted by atomic mass is 9.95. The number of hydrogen-bond donors (Lipinski definition) is 3. The summed E-state index contributed by atoms with van der Waals surface area (Å²) in [6.07, 6.45) is 0. The lowest BCUT2D eigenvalue weighted by Crippen LogP contribution is -2.41. The third kappa shape index (κ3) is 4.29. The van der Waals surface area contributed by atoms with Gasteiger partial charge in [0, 0.05) is 17.3 Å². The predicted molar refractivity (Wildman–Crippen MR) is 88.9 cm³/mol. The molecule has 0 heterocycles. The Kier molecular flexibility index (Phi) is 5.19. The van der Waals surface area contributed by atoms with Crippen LogP contribution in [0.25, 0.3) is 0 Å². The number of carbonyl (C=O) groups is 1. The molecular weight excluding hydrogens is 314 g/mol. The molecule has 6 heteroatoms. The van der Waals surface area contributed by atoms with Gasteiger partial charge in [0.1, 0.15) is 17.2 Å². The van der Waals surface area contributed by atoms with Gasteiger partial charge in [0.15, 0.2) is 0 Å². The summed E-state index contributed by atoms with van der Waals surface area (Å²) in [5.74, 6) is -1.59. The Labute approximate surface area is 139 Å². The van der Waals surface area contributed by atoms with Crippen LogP contribution in [0.5, 0.6) is 0 Å². The molecule has 0 spiro atoms. The molecule has 0 radical (unpaired) electrons. The van der Waals surface area contributed by atoms with Crippen molar-refractivity contribution in [2.75, 3.05) is 11.9 Å². The first kappa shape index (κ1) is 17.9. The highest BCUT2D eigenvalue weighted by molar-refractivity contribution is 5.90. The normalized spacial score (nSPS) is 13.2. The SMILES string of the molecule is Cc1ccc(C)c(NC(=O)NCC(C)(O)c2ccc(F)cc2F)c1. The van der Waals surface area contributed by atoms with E-state index in [1.54, 1.807) is 0 Å². The lowest BCUT2D eigenvalue weighted by molar-refractivity contribution is 0.0561. The van der Waals surface area contributed by atoms with E-state index in [4.69, 9.17) is 0 Å². The monoisotopic (exact) mass is 334 g/mol. The molecule has 0 aliphatic carbocycles. The smallest absolute Gasteiger partial charge is 0.319 e. The first-order valence-electron chi connectivity index (χ1n) is 7.49. The molecule has 0 saturated carbocycles. The predicted octanol–water partition coefficient (Wildman–Crippen LogP) is 3.61. The van der Waals surface area contributed by atoms with Crippen LogP contribution in [0.1, 0.15) is 23.6 Å². The molecule has 2 aromatic rings. The van der Waals surface area contributed by atoms with Gasteiger partial charge in [-0.3, -0.25) is 0 Å². The Bertz CT molecular complexity index is 761. The van der Waals surface area contributed by atoms with Crippen molar-refractivity contribution in [3.8, 4) is 0 Å². The number of carbonyl (C=O) groups excluding carboxylic acids is 1. The van der Waals surface area contributed by atoms with Gasteiger partial charge in [-0.2, -0.15) is 0 Å². The molecule has 2 aromatic carbocycles. The molecule has 3 N–H and O–H groups in total. The van der Waals surface area contributed by atoms with Crippen LogP contribution < -0.4 is 10.6 Å². The van der Waals surface area contributed by atoms with E-state index in [1.807, 2.05) is 32.0 Å². The molecular formula is C18H20F2N2O2. The first-order valence-corrected chi connectivity index (χ1v) is 7.49. The second-order valence-corrected chi connectivity index (χ2v) is 6.02. The molecule has 1 atom stereocenters. The maximum atomic E-state index is 13.8. The maximum Gasteiger partial charge on any atom is 0.319 e. The fourth-order valence-electron chi connectivity index (χ4n) is 2.31. The van der Waals surface area contributed by atoms with E-state index in [1.165, 1.54) is 6.92 Å². The Hall–Kier alpha value is -2.47. The van der Waals surface area contributed by atoms with Crippen LogP contribution in [0.2, 0.25) is 0 Å².